The van der Waals surface area contributed by atoms with Gasteiger partial charge < -0.3 is 10.0 Å². The van der Waals surface area contributed by atoms with Gasteiger partial charge in [-0.3, -0.25) is 0 Å². The summed E-state index contributed by atoms with van der Waals surface area (Å²) < 4.78 is 0. The third kappa shape index (κ3) is 24.6. The van der Waals surface area contributed by atoms with Crippen LogP contribution in [0.4, 0.5) is 0 Å². The van der Waals surface area contributed by atoms with E-state index in [9.17, 15) is 0 Å². The van der Waals surface area contributed by atoms with Gasteiger partial charge in [0.05, 0.1) is 6.10 Å². The summed E-state index contributed by atoms with van der Waals surface area (Å²) in [6.07, 6.45) is 10.1. The zero-order valence-corrected chi connectivity index (χ0v) is 12.4. The second kappa shape index (κ2) is 16.5. The Balaban J connectivity index is 0. The molecule has 0 aromatic carbocycles. The van der Waals surface area contributed by atoms with Crippen molar-refractivity contribution in [3.05, 3.63) is 0 Å². The van der Waals surface area contributed by atoms with Crippen LogP contribution in [-0.2, 0) is 0 Å². The molecule has 0 amide bonds. The van der Waals surface area contributed by atoms with E-state index in [2.05, 4.69) is 26.8 Å². The number of rotatable bonds is 10. The maximum absolute atomic E-state index is 9.07. The molecular formula is C14H29BN2O. The first-order chi connectivity index (χ1) is 8.54. The van der Waals surface area contributed by atoms with E-state index in [1.807, 2.05) is 6.92 Å². The molecule has 0 heterocycles. The molecule has 1 atom stereocenters. The molecule has 104 valence electrons. The van der Waals surface area contributed by atoms with Crippen LogP contribution in [0.15, 0.2) is 0 Å². The summed E-state index contributed by atoms with van der Waals surface area (Å²) in [4.78, 5) is 2.25. The summed E-state index contributed by atoms with van der Waals surface area (Å²) in [5.74, 6) is 1.25. The van der Waals surface area contributed by atoms with Crippen molar-refractivity contribution in [3.63, 3.8) is 0 Å². The molecule has 0 aliphatic rings. The van der Waals surface area contributed by atoms with Crippen LogP contribution in [0, 0.1) is 11.2 Å². The highest BCUT2D eigenvalue weighted by atomic mass is 16.3. The molecule has 0 saturated heterocycles. The Hall–Kier alpha value is -0.525. The fraction of sp³-hybridized carbons (Fsp3) is 0.929. The third-order valence-electron chi connectivity index (χ3n) is 2.73. The zero-order chi connectivity index (χ0) is 14.2. The average molecular weight is 252 g/mol. The summed E-state index contributed by atoms with van der Waals surface area (Å²) >= 11 is 0. The monoisotopic (exact) mass is 252 g/mol. The van der Waals surface area contributed by atoms with E-state index in [0.717, 1.165) is 6.42 Å². The highest BCUT2D eigenvalue weighted by Crippen LogP contribution is 2.09. The topological polar surface area (TPSA) is 47.3 Å². The van der Waals surface area contributed by atoms with Crippen LogP contribution in [0.1, 0.15) is 58.3 Å². The van der Waals surface area contributed by atoms with Crippen molar-refractivity contribution in [3.8, 4) is 5.97 Å². The molecule has 18 heavy (non-hydrogen) atoms. The average Bonchev–Trinajstić information content (AvgIpc) is 2.27. The fourth-order valence-electron chi connectivity index (χ4n) is 1.75. The zero-order valence-electron chi connectivity index (χ0n) is 12.4. The summed E-state index contributed by atoms with van der Waals surface area (Å²) in [5.41, 5.74) is 0. The van der Waals surface area contributed by atoms with Crippen molar-refractivity contribution in [2.45, 2.75) is 64.4 Å². The van der Waals surface area contributed by atoms with E-state index < -0.39 is 0 Å². The third-order valence-corrected chi connectivity index (χ3v) is 2.73. The molecule has 0 aliphatic heterocycles. The maximum Gasteiger partial charge on any atom is 0.229 e. The maximum atomic E-state index is 9.07. The standard InChI is InChI=1S/C13H29NO.CBN/c1-13(15)11-9-7-5-4-6-8-10-12-14(2)3;2-1-3/h13,15H,4-12H2,1-3H3;. The lowest BCUT2D eigenvalue weighted by Crippen LogP contribution is -2.12. The normalized spacial score (nSPS) is 11.6. The molecule has 2 radical (unpaired) electrons. The second-order valence-corrected chi connectivity index (χ2v) is 5.04. The molecule has 0 aromatic heterocycles. The molecule has 0 aromatic rings. The van der Waals surface area contributed by atoms with Crippen LogP contribution in [0.2, 0.25) is 0 Å². The van der Waals surface area contributed by atoms with E-state index in [0.29, 0.717) is 0 Å². The number of nitriles is 1. The Morgan fingerprint density at radius 1 is 1.06 bits per heavy atom. The molecular weight excluding hydrogens is 223 g/mol. The Morgan fingerprint density at radius 3 is 1.83 bits per heavy atom. The van der Waals surface area contributed by atoms with Crippen LogP contribution in [0.3, 0.4) is 0 Å². The van der Waals surface area contributed by atoms with Gasteiger partial charge in [-0.05, 0) is 46.4 Å². The smallest absolute Gasteiger partial charge is 0.229 e. The van der Waals surface area contributed by atoms with Crippen LogP contribution < -0.4 is 0 Å². The van der Waals surface area contributed by atoms with Gasteiger partial charge >= 0.3 is 0 Å². The minimum atomic E-state index is -0.106. The van der Waals surface area contributed by atoms with E-state index in [4.69, 9.17) is 10.4 Å². The number of aliphatic hydroxyl groups excluding tert-OH is 1. The molecule has 0 rings (SSSR count). The van der Waals surface area contributed by atoms with Crippen LogP contribution in [-0.4, -0.2) is 44.6 Å². The summed E-state index contributed by atoms with van der Waals surface area (Å²) in [7, 11) is 8.42. The Kier molecular flexibility index (Phi) is 18.1. The van der Waals surface area contributed by atoms with Gasteiger partial charge in [-0.15, -0.1) is 0 Å². The predicted octanol–water partition coefficient (Wildman–Crippen LogP) is 2.69. The van der Waals surface area contributed by atoms with Crippen molar-refractivity contribution < 1.29 is 5.11 Å². The highest BCUT2D eigenvalue weighted by molar-refractivity contribution is 6.20. The SMILES string of the molecule is CC(O)CCCCCCCCCN(C)C.[B]C#N. The van der Waals surface area contributed by atoms with Gasteiger partial charge in [0.1, 0.15) is 0 Å². The van der Waals surface area contributed by atoms with Crippen LogP contribution >= 0.6 is 0 Å². The lowest BCUT2D eigenvalue weighted by Gasteiger charge is -2.08. The number of aliphatic hydroxyl groups is 1. The number of unbranched alkanes of at least 4 members (excludes halogenated alkanes) is 6. The van der Waals surface area contributed by atoms with Gasteiger partial charge in [-0.2, -0.15) is 0 Å². The molecule has 0 aliphatic carbocycles. The van der Waals surface area contributed by atoms with Crippen molar-refractivity contribution in [1.29, 1.82) is 5.26 Å². The fourth-order valence-corrected chi connectivity index (χ4v) is 1.75. The number of hydrogen-bond acceptors (Lipinski definition) is 3. The Bertz CT molecular complexity index is 177. The molecule has 0 saturated carbocycles. The van der Waals surface area contributed by atoms with Crippen LogP contribution in [0.25, 0.3) is 0 Å². The van der Waals surface area contributed by atoms with Gasteiger partial charge in [-0.25, -0.2) is 5.26 Å². The number of hydrogen-bond donors (Lipinski definition) is 1. The Labute approximate surface area is 115 Å². The molecule has 0 bridgehead atoms. The molecule has 0 fully saturated rings. The summed E-state index contributed by atoms with van der Waals surface area (Å²) in [6, 6.07) is 0. The minimum Gasteiger partial charge on any atom is -0.393 e. The predicted molar refractivity (Wildman–Crippen MR) is 78.5 cm³/mol. The summed E-state index contributed by atoms with van der Waals surface area (Å²) in [5, 5.41) is 16.2. The van der Waals surface area contributed by atoms with Gasteiger partial charge in [0, 0.05) is 0 Å². The van der Waals surface area contributed by atoms with Crippen LogP contribution in [0.5, 0.6) is 0 Å². The van der Waals surface area contributed by atoms with E-state index in [1.54, 1.807) is 0 Å². The molecule has 4 heteroatoms. The van der Waals surface area contributed by atoms with Crippen molar-refractivity contribution in [1.82, 2.24) is 4.90 Å². The summed E-state index contributed by atoms with van der Waals surface area (Å²) in [6.45, 7) is 3.10. The van der Waals surface area contributed by atoms with Crippen molar-refractivity contribution in [2.24, 2.45) is 0 Å². The quantitative estimate of drug-likeness (QED) is 0.480. The first-order valence-electron chi connectivity index (χ1n) is 6.97. The van der Waals surface area contributed by atoms with Gasteiger partial charge in [0.15, 0.2) is 0 Å². The highest BCUT2D eigenvalue weighted by Gasteiger charge is 1.96. The first-order valence-corrected chi connectivity index (χ1v) is 6.97. The Morgan fingerprint density at radius 2 is 1.44 bits per heavy atom. The van der Waals surface area contributed by atoms with E-state index in [-0.39, 0.29) is 6.10 Å². The largest absolute Gasteiger partial charge is 0.393 e. The van der Waals surface area contributed by atoms with Gasteiger partial charge in [-0.1, -0.05) is 38.5 Å². The van der Waals surface area contributed by atoms with Gasteiger partial charge in [0.25, 0.3) is 0 Å². The minimum absolute atomic E-state index is 0.106. The number of nitrogens with zero attached hydrogens (tertiary/aromatic N) is 2. The van der Waals surface area contributed by atoms with E-state index >= 15 is 0 Å². The molecule has 0 spiro atoms. The second-order valence-electron chi connectivity index (χ2n) is 5.04. The first kappa shape index (κ1) is 19.8. The van der Waals surface area contributed by atoms with E-state index in [1.165, 1.54) is 57.5 Å². The molecule has 1 N–H and O–H groups in total. The van der Waals surface area contributed by atoms with Crippen molar-refractivity contribution in [2.75, 3.05) is 20.6 Å². The molecule has 1 unspecified atom stereocenters. The lowest BCUT2D eigenvalue weighted by atomic mass is 10.1. The lowest BCUT2D eigenvalue weighted by molar-refractivity contribution is 0.180. The molecule has 3 nitrogen and oxygen atoms in total. The van der Waals surface area contributed by atoms with Crippen molar-refractivity contribution >= 4 is 7.85 Å². The van der Waals surface area contributed by atoms with Gasteiger partial charge in [0.2, 0.25) is 7.85 Å².